The number of aryl methyl sites for hydroxylation is 1. The Bertz CT molecular complexity index is 659. The van der Waals surface area contributed by atoms with E-state index in [2.05, 4.69) is 20.8 Å². The Hall–Kier alpha value is -1.44. The summed E-state index contributed by atoms with van der Waals surface area (Å²) in [4.78, 5) is 17.6. The maximum atomic E-state index is 12.1. The molecule has 0 radical (unpaired) electrons. The lowest BCUT2D eigenvalue weighted by molar-refractivity contribution is -0.116. The number of nitrogens with zero attached hydrogens (tertiary/aromatic N) is 2. The molecule has 2 aromatic rings. The number of aromatic nitrogens is 2. The lowest BCUT2D eigenvalue weighted by Crippen LogP contribution is -2.26. The van der Waals surface area contributed by atoms with Crippen LogP contribution < -0.4 is 10.6 Å². The van der Waals surface area contributed by atoms with Crippen LogP contribution in [0.5, 0.6) is 0 Å². The van der Waals surface area contributed by atoms with E-state index in [0.29, 0.717) is 23.9 Å². The Morgan fingerprint density at radius 2 is 2.30 bits per heavy atom. The van der Waals surface area contributed by atoms with E-state index in [0.717, 1.165) is 37.2 Å². The maximum Gasteiger partial charge on any atom is 0.229 e. The second kappa shape index (κ2) is 7.42. The quantitative estimate of drug-likeness (QED) is 0.862. The Balaban J connectivity index is 1.53. The van der Waals surface area contributed by atoms with Gasteiger partial charge in [-0.25, -0.2) is 4.98 Å². The Morgan fingerprint density at radius 1 is 1.52 bits per heavy atom. The van der Waals surface area contributed by atoms with E-state index in [1.807, 2.05) is 13.1 Å². The first-order valence-corrected chi connectivity index (χ1v) is 8.90. The van der Waals surface area contributed by atoms with Crippen molar-refractivity contribution in [1.29, 1.82) is 0 Å². The van der Waals surface area contributed by atoms with Crippen LogP contribution in [-0.4, -0.2) is 29.1 Å². The van der Waals surface area contributed by atoms with Gasteiger partial charge in [0.2, 0.25) is 11.1 Å². The maximum absolute atomic E-state index is 12.1. The van der Waals surface area contributed by atoms with Crippen molar-refractivity contribution in [1.82, 2.24) is 15.5 Å². The first kappa shape index (κ1) is 16.4. The van der Waals surface area contributed by atoms with Crippen LogP contribution in [0.3, 0.4) is 0 Å². The highest BCUT2D eigenvalue weighted by molar-refractivity contribution is 7.15. The monoisotopic (exact) mass is 354 g/mol. The largest absolute Gasteiger partial charge is 0.344 e. The Kier molecular flexibility index (Phi) is 5.30. The molecule has 1 amide bonds. The van der Waals surface area contributed by atoms with Gasteiger partial charge in [-0.05, 0) is 56.8 Å². The highest BCUT2D eigenvalue weighted by Gasteiger charge is 2.18. The predicted molar refractivity (Wildman–Crippen MR) is 90.2 cm³/mol. The number of piperidine rings is 1. The normalized spacial score (nSPS) is 15.7. The minimum Gasteiger partial charge on any atom is -0.344 e. The van der Waals surface area contributed by atoms with Gasteiger partial charge in [0.15, 0.2) is 5.13 Å². The van der Waals surface area contributed by atoms with Crippen LogP contribution in [0.15, 0.2) is 10.7 Å². The zero-order valence-electron chi connectivity index (χ0n) is 12.9. The fraction of sp³-hybridized carbons (Fsp3) is 0.533. The molecule has 124 valence electrons. The molecule has 3 rings (SSSR count). The number of rotatable bonds is 5. The second-order valence-electron chi connectivity index (χ2n) is 5.66. The molecule has 2 N–H and O–H groups in total. The minimum absolute atomic E-state index is 0.0760. The predicted octanol–water partition coefficient (Wildman–Crippen LogP) is 3.13. The highest BCUT2D eigenvalue weighted by atomic mass is 35.5. The number of anilines is 1. The molecule has 0 saturated carbocycles. The summed E-state index contributed by atoms with van der Waals surface area (Å²) in [5.41, 5.74) is 1.52. The van der Waals surface area contributed by atoms with E-state index in [1.54, 1.807) is 11.3 Å². The summed E-state index contributed by atoms with van der Waals surface area (Å²) in [6.07, 6.45) is 4.97. The van der Waals surface area contributed by atoms with E-state index in [1.165, 1.54) is 4.88 Å². The lowest BCUT2D eigenvalue weighted by Gasteiger charge is -2.20. The molecule has 1 fully saturated rings. The summed E-state index contributed by atoms with van der Waals surface area (Å²) in [5.74, 6) is 0.478. The minimum atomic E-state index is -0.0760. The third-order valence-electron chi connectivity index (χ3n) is 4.05. The van der Waals surface area contributed by atoms with Gasteiger partial charge in [0.1, 0.15) is 0 Å². The van der Waals surface area contributed by atoms with E-state index in [-0.39, 0.29) is 11.1 Å². The number of hydrogen-bond acceptors (Lipinski definition) is 6. The van der Waals surface area contributed by atoms with Crippen molar-refractivity contribution in [3.05, 3.63) is 27.6 Å². The summed E-state index contributed by atoms with van der Waals surface area (Å²) in [6, 6.07) is 0. The summed E-state index contributed by atoms with van der Waals surface area (Å²) in [6.45, 7) is 3.90. The van der Waals surface area contributed by atoms with Crippen molar-refractivity contribution >= 4 is 34.0 Å². The van der Waals surface area contributed by atoms with Crippen LogP contribution in [0.1, 0.15) is 41.3 Å². The van der Waals surface area contributed by atoms with Gasteiger partial charge < -0.3 is 15.2 Å². The fourth-order valence-corrected chi connectivity index (χ4v) is 3.97. The first-order chi connectivity index (χ1) is 11.1. The average molecular weight is 355 g/mol. The van der Waals surface area contributed by atoms with Crippen LogP contribution in [0, 0.1) is 6.92 Å². The second-order valence-corrected chi connectivity index (χ2v) is 7.07. The molecule has 3 heterocycles. The Morgan fingerprint density at radius 3 is 3.00 bits per heavy atom. The third-order valence-corrected chi connectivity index (χ3v) is 5.42. The van der Waals surface area contributed by atoms with Crippen LogP contribution in [0.25, 0.3) is 0 Å². The number of carbonyl (C=O) groups is 1. The van der Waals surface area contributed by atoms with Gasteiger partial charge in [0.25, 0.3) is 0 Å². The van der Waals surface area contributed by atoms with Crippen LogP contribution in [-0.2, 0) is 11.2 Å². The van der Waals surface area contributed by atoms with Crippen molar-refractivity contribution in [2.75, 3.05) is 18.4 Å². The van der Waals surface area contributed by atoms with Gasteiger partial charge in [-0.2, -0.15) is 0 Å². The molecule has 0 atom stereocenters. The van der Waals surface area contributed by atoms with Crippen LogP contribution in [0.4, 0.5) is 5.13 Å². The van der Waals surface area contributed by atoms with Gasteiger partial charge in [-0.3, -0.25) is 4.79 Å². The first-order valence-electron chi connectivity index (χ1n) is 7.70. The molecule has 0 spiro atoms. The molecule has 1 aliphatic heterocycles. The van der Waals surface area contributed by atoms with E-state index in [9.17, 15) is 4.79 Å². The molecule has 0 unspecified atom stereocenters. The third kappa shape index (κ3) is 4.10. The van der Waals surface area contributed by atoms with Gasteiger partial charge in [0.05, 0.1) is 5.69 Å². The molecular formula is C15H19ClN4O2S. The summed E-state index contributed by atoms with van der Waals surface area (Å²) in [7, 11) is 0. The zero-order chi connectivity index (χ0) is 16.2. The molecule has 1 saturated heterocycles. The summed E-state index contributed by atoms with van der Waals surface area (Å²) in [5, 5.41) is 10.9. The molecule has 8 heteroatoms. The smallest absolute Gasteiger partial charge is 0.229 e. The molecule has 0 bridgehead atoms. The van der Waals surface area contributed by atoms with Crippen molar-refractivity contribution in [2.45, 2.75) is 38.5 Å². The molecular weight excluding hydrogens is 336 g/mol. The number of amides is 1. The van der Waals surface area contributed by atoms with E-state index in [4.69, 9.17) is 16.1 Å². The topological polar surface area (TPSA) is 80.1 Å². The van der Waals surface area contributed by atoms with E-state index >= 15 is 0 Å². The van der Waals surface area contributed by atoms with E-state index < -0.39 is 0 Å². The fourth-order valence-electron chi connectivity index (χ4n) is 2.70. The summed E-state index contributed by atoms with van der Waals surface area (Å²) < 4.78 is 4.88. The number of hydrogen-bond donors (Lipinski definition) is 2. The van der Waals surface area contributed by atoms with Gasteiger partial charge >= 0.3 is 0 Å². The van der Waals surface area contributed by atoms with Crippen molar-refractivity contribution in [3.63, 3.8) is 0 Å². The number of carbonyl (C=O) groups excluding carboxylic acids is 1. The summed E-state index contributed by atoms with van der Waals surface area (Å²) >= 11 is 7.47. The van der Waals surface area contributed by atoms with Gasteiger partial charge in [-0.1, -0.05) is 5.16 Å². The van der Waals surface area contributed by atoms with Crippen molar-refractivity contribution in [2.24, 2.45) is 0 Å². The average Bonchev–Trinajstić information content (AvgIpc) is 3.14. The standard InChI is InChI=1S/C15H19ClN4O2S/c1-9-11(14(16)22-20-9)2-3-13(21)19-15-18-8-12(23-15)10-4-6-17-7-5-10/h8,10,17H,2-7H2,1H3,(H,18,19,21). The lowest BCUT2D eigenvalue weighted by atomic mass is 9.97. The Labute approximate surface area is 143 Å². The molecule has 1 aliphatic rings. The van der Waals surface area contributed by atoms with Crippen LogP contribution >= 0.6 is 22.9 Å². The molecule has 0 aliphatic carbocycles. The highest BCUT2D eigenvalue weighted by Crippen LogP contribution is 2.31. The molecule has 0 aromatic carbocycles. The zero-order valence-corrected chi connectivity index (χ0v) is 14.5. The number of thiazole rings is 1. The molecule has 6 nitrogen and oxygen atoms in total. The van der Waals surface area contributed by atoms with Gasteiger partial charge in [-0.15, -0.1) is 11.3 Å². The SMILES string of the molecule is Cc1noc(Cl)c1CCC(=O)Nc1ncc(C2CCNCC2)s1. The molecule has 2 aromatic heterocycles. The van der Waals surface area contributed by atoms with Gasteiger partial charge in [0, 0.05) is 23.1 Å². The van der Waals surface area contributed by atoms with Crippen molar-refractivity contribution < 1.29 is 9.32 Å². The number of halogens is 1. The number of nitrogens with one attached hydrogen (secondary N) is 2. The van der Waals surface area contributed by atoms with Crippen LogP contribution in [0.2, 0.25) is 5.22 Å². The van der Waals surface area contributed by atoms with Crippen molar-refractivity contribution in [3.8, 4) is 0 Å². The molecule has 23 heavy (non-hydrogen) atoms.